The summed E-state index contributed by atoms with van der Waals surface area (Å²) < 4.78 is 0. The summed E-state index contributed by atoms with van der Waals surface area (Å²) in [5.74, 6) is 0.792. The van der Waals surface area contributed by atoms with E-state index in [1.165, 1.54) is 5.56 Å². The zero-order chi connectivity index (χ0) is 24.8. The largest absolute Gasteiger partial charge is 0.345 e. The molecule has 8 heteroatoms. The van der Waals surface area contributed by atoms with Crippen LogP contribution >= 0.6 is 0 Å². The molecule has 4 aromatic rings. The van der Waals surface area contributed by atoms with E-state index in [4.69, 9.17) is 0 Å². The molecule has 0 aliphatic heterocycles. The molecule has 178 valence electrons. The SMILES string of the molecule is Cc1ccc(Nc2nc(NCC(=O)Nc3ccc(C)c(C)c3)nc(Nc3ccc(C)cc3)n2)cc1. The van der Waals surface area contributed by atoms with Crippen molar-refractivity contribution in [1.29, 1.82) is 0 Å². The van der Waals surface area contributed by atoms with Gasteiger partial charge in [0.05, 0.1) is 6.54 Å². The highest BCUT2D eigenvalue weighted by molar-refractivity contribution is 5.93. The van der Waals surface area contributed by atoms with Crippen molar-refractivity contribution < 1.29 is 4.79 Å². The van der Waals surface area contributed by atoms with E-state index in [1.54, 1.807) is 0 Å². The van der Waals surface area contributed by atoms with E-state index in [2.05, 4.69) is 36.2 Å². The summed E-state index contributed by atoms with van der Waals surface area (Å²) in [6, 6.07) is 21.7. The van der Waals surface area contributed by atoms with Crippen molar-refractivity contribution in [3.8, 4) is 0 Å². The van der Waals surface area contributed by atoms with Gasteiger partial charge in [-0.05, 0) is 75.2 Å². The number of amides is 1. The molecule has 1 amide bonds. The minimum Gasteiger partial charge on any atom is -0.345 e. The molecule has 0 fully saturated rings. The molecule has 0 radical (unpaired) electrons. The van der Waals surface area contributed by atoms with E-state index < -0.39 is 0 Å². The van der Waals surface area contributed by atoms with Crippen LogP contribution in [0.1, 0.15) is 22.3 Å². The first-order chi connectivity index (χ1) is 16.8. The fourth-order valence-corrected chi connectivity index (χ4v) is 3.28. The highest BCUT2D eigenvalue weighted by Gasteiger charge is 2.10. The number of carbonyl (C=O) groups is 1. The highest BCUT2D eigenvalue weighted by Crippen LogP contribution is 2.20. The fraction of sp³-hybridized carbons (Fsp3) is 0.185. The Hall–Kier alpha value is -4.46. The molecule has 0 unspecified atom stereocenters. The second-order valence-electron chi connectivity index (χ2n) is 8.49. The Morgan fingerprint density at radius 3 is 1.63 bits per heavy atom. The number of aromatic nitrogens is 3. The Bertz CT molecular complexity index is 1250. The third kappa shape index (κ3) is 6.77. The molecule has 0 aliphatic carbocycles. The normalized spacial score (nSPS) is 10.5. The maximum Gasteiger partial charge on any atom is 0.243 e. The molecule has 8 nitrogen and oxygen atoms in total. The van der Waals surface area contributed by atoms with Gasteiger partial charge < -0.3 is 21.3 Å². The van der Waals surface area contributed by atoms with Crippen molar-refractivity contribution in [2.45, 2.75) is 27.7 Å². The number of carbonyl (C=O) groups excluding carboxylic acids is 1. The molecule has 0 atom stereocenters. The lowest BCUT2D eigenvalue weighted by molar-refractivity contribution is -0.114. The van der Waals surface area contributed by atoms with E-state index in [0.717, 1.165) is 33.8 Å². The molecule has 3 aromatic carbocycles. The van der Waals surface area contributed by atoms with Crippen LogP contribution in [-0.4, -0.2) is 27.4 Å². The van der Waals surface area contributed by atoms with Crippen molar-refractivity contribution in [1.82, 2.24) is 15.0 Å². The summed E-state index contributed by atoms with van der Waals surface area (Å²) in [6.07, 6.45) is 0. The smallest absolute Gasteiger partial charge is 0.243 e. The van der Waals surface area contributed by atoms with E-state index in [1.807, 2.05) is 94.4 Å². The molecule has 0 saturated heterocycles. The van der Waals surface area contributed by atoms with Gasteiger partial charge in [0.25, 0.3) is 0 Å². The van der Waals surface area contributed by atoms with Crippen LogP contribution in [0.3, 0.4) is 0 Å². The van der Waals surface area contributed by atoms with Crippen molar-refractivity contribution >= 4 is 40.8 Å². The number of hydrogen-bond acceptors (Lipinski definition) is 7. The maximum atomic E-state index is 12.5. The Morgan fingerprint density at radius 2 is 1.11 bits per heavy atom. The topological polar surface area (TPSA) is 104 Å². The Labute approximate surface area is 205 Å². The predicted molar refractivity (Wildman–Crippen MR) is 142 cm³/mol. The van der Waals surface area contributed by atoms with E-state index in [-0.39, 0.29) is 18.4 Å². The van der Waals surface area contributed by atoms with Gasteiger partial charge in [0.1, 0.15) is 0 Å². The molecule has 0 aliphatic rings. The molecule has 35 heavy (non-hydrogen) atoms. The maximum absolute atomic E-state index is 12.5. The first kappa shape index (κ1) is 23.7. The van der Waals surface area contributed by atoms with Crippen molar-refractivity contribution in [2.75, 3.05) is 27.8 Å². The number of hydrogen-bond donors (Lipinski definition) is 4. The number of aryl methyl sites for hydroxylation is 4. The summed E-state index contributed by atoms with van der Waals surface area (Å²) >= 11 is 0. The van der Waals surface area contributed by atoms with Gasteiger partial charge in [-0.25, -0.2) is 0 Å². The number of anilines is 6. The van der Waals surface area contributed by atoms with Crippen LogP contribution in [0.15, 0.2) is 66.7 Å². The van der Waals surface area contributed by atoms with Gasteiger partial charge in [-0.3, -0.25) is 4.79 Å². The van der Waals surface area contributed by atoms with Crippen LogP contribution < -0.4 is 21.3 Å². The molecule has 1 heterocycles. The third-order valence-electron chi connectivity index (χ3n) is 5.45. The van der Waals surface area contributed by atoms with Gasteiger partial charge >= 0.3 is 0 Å². The molecule has 4 N–H and O–H groups in total. The molecule has 0 spiro atoms. The van der Waals surface area contributed by atoms with Crippen LogP contribution in [0.2, 0.25) is 0 Å². The fourth-order valence-electron chi connectivity index (χ4n) is 3.28. The van der Waals surface area contributed by atoms with Crippen LogP contribution in [0.4, 0.5) is 34.9 Å². The summed E-state index contributed by atoms with van der Waals surface area (Å²) in [5.41, 5.74) is 7.05. The first-order valence-corrected chi connectivity index (χ1v) is 11.4. The van der Waals surface area contributed by atoms with Gasteiger partial charge in [0.2, 0.25) is 23.8 Å². The average Bonchev–Trinajstić information content (AvgIpc) is 2.83. The molecule has 0 bridgehead atoms. The van der Waals surface area contributed by atoms with Gasteiger partial charge in [-0.2, -0.15) is 15.0 Å². The lowest BCUT2D eigenvalue weighted by Crippen LogP contribution is -2.23. The lowest BCUT2D eigenvalue weighted by Gasteiger charge is -2.12. The van der Waals surface area contributed by atoms with Crippen molar-refractivity contribution in [3.05, 3.63) is 89.0 Å². The Morgan fingerprint density at radius 1 is 0.629 bits per heavy atom. The van der Waals surface area contributed by atoms with Crippen molar-refractivity contribution in [2.24, 2.45) is 0 Å². The van der Waals surface area contributed by atoms with Crippen LogP contribution in [0.25, 0.3) is 0 Å². The number of benzene rings is 3. The van der Waals surface area contributed by atoms with Crippen LogP contribution in [-0.2, 0) is 4.79 Å². The monoisotopic (exact) mass is 467 g/mol. The minimum absolute atomic E-state index is 0.00484. The standard InChI is InChI=1S/C27H29N7O/c1-17-5-10-21(11-6-17)30-26-32-25(33-27(34-26)31-22-12-7-18(2)8-13-22)28-16-24(35)29-23-14-9-19(3)20(4)15-23/h5-15H,16H2,1-4H3,(H,29,35)(H3,28,30,31,32,33,34). The van der Waals surface area contributed by atoms with Crippen molar-refractivity contribution in [3.63, 3.8) is 0 Å². The minimum atomic E-state index is -0.199. The Balaban J connectivity index is 1.50. The molecular weight excluding hydrogens is 438 g/mol. The van der Waals surface area contributed by atoms with Gasteiger partial charge in [0, 0.05) is 17.1 Å². The average molecular weight is 468 g/mol. The number of nitrogens with one attached hydrogen (secondary N) is 4. The van der Waals surface area contributed by atoms with Gasteiger partial charge in [0.15, 0.2) is 0 Å². The number of nitrogens with zero attached hydrogens (tertiary/aromatic N) is 3. The third-order valence-corrected chi connectivity index (χ3v) is 5.45. The Kier molecular flexibility index (Phi) is 7.21. The number of rotatable bonds is 8. The highest BCUT2D eigenvalue weighted by atomic mass is 16.1. The summed E-state index contributed by atoms with van der Waals surface area (Å²) in [6.45, 7) is 8.11. The summed E-state index contributed by atoms with van der Waals surface area (Å²) in [7, 11) is 0. The zero-order valence-corrected chi connectivity index (χ0v) is 20.3. The van der Waals surface area contributed by atoms with Gasteiger partial charge in [-0.1, -0.05) is 41.5 Å². The molecule has 1 aromatic heterocycles. The van der Waals surface area contributed by atoms with E-state index in [0.29, 0.717) is 11.9 Å². The van der Waals surface area contributed by atoms with Gasteiger partial charge in [-0.15, -0.1) is 0 Å². The summed E-state index contributed by atoms with van der Waals surface area (Å²) in [4.78, 5) is 25.9. The molecule has 0 saturated carbocycles. The quantitative estimate of drug-likeness (QED) is 0.266. The van der Waals surface area contributed by atoms with E-state index >= 15 is 0 Å². The second kappa shape index (κ2) is 10.6. The second-order valence-corrected chi connectivity index (χ2v) is 8.49. The first-order valence-electron chi connectivity index (χ1n) is 11.4. The lowest BCUT2D eigenvalue weighted by atomic mass is 10.1. The predicted octanol–water partition coefficient (Wildman–Crippen LogP) is 5.64. The van der Waals surface area contributed by atoms with Crippen LogP contribution in [0.5, 0.6) is 0 Å². The zero-order valence-electron chi connectivity index (χ0n) is 20.3. The molecule has 4 rings (SSSR count). The van der Waals surface area contributed by atoms with E-state index in [9.17, 15) is 4.79 Å². The van der Waals surface area contributed by atoms with Crippen LogP contribution in [0, 0.1) is 27.7 Å². The summed E-state index contributed by atoms with van der Waals surface area (Å²) in [5, 5.41) is 12.3. The molecular formula is C27H29N7O.